The van der Waals surface area contributed by atoms with E-state index in [-0.39, 0.29) is 12.1 Å². The van der Waals surface area contributed by atoms with Crippen LogP contribution in [0.3, 0.4) is 0 Å². The van der Waals surface area contributed by atoms with Gasteiger partial charge in [0, 0.05) is 10.7 Å². The molecule has 0 saturated heterocycles. The molecule has 4 heteroatoms. The van der Waals surface area contributed by atoms with Gasteiger partial charge in [-0.1, -0.05) is 41.9 Å². The fourth-order valence-corrected chi connectivity index (χ4v) is 1.94. The highest BCUT2D eigenvalue weighted by molar-refractivity contribution is 6.30. The lowest BCUT2D eigenvalue weighted by Crippen LogP contribution is -2.31. The molecule has 0 saturated carbocycles. The minimum absolute atomic E-state index is 0.109. The molecule has 0 heterocycles. The molecule has 0 aromatic heterocycles. The molecule has 2 aromatic rings. The van der Waals surface area contributed by atoms with E-state index in [0.29, 0.717) is 5.02 Å². The summed E-state index contributed by atoms with van der Waals surface area (Å²) in [6.45, 7) is 1.91. The highest BCUT2D eigenvalue weighted by Crippen LogP contribution is 2.17. The zero-order valence-electron chi connectivity index (χ0n) is 10.6. The molecule has 0 aliphatic rings. The lowest BCUT2D eigenvalue weighted by Gasteiger charge is -2.15. The third kappa shape index (κ3) is 4.00. The van der Waals surface area contributed by atoms with Gasteiger partial charge in [0.2, 0.25) is 0 Å². The van der Waals surface area contributed by atoms with E-state index in [1.807, 2.05) is 61.5 Å². The van der Waals surface area contributed by atoms with Crippen molar-refractivity contribution in [2.24, 2.45) is 0 Å². The summed E-state index contributed by atoms with van der Waals surface area (Å²) in [7, 11) is 0. The number of nitrogens with one attached hydrogen (secondary N) is 2. The number of carbonyl (C=O) groups excluding carboxylic acids is 1. The number of para-hydroxylation sites is 1. The number of anilines is 1. The van der Waals surface area contributed by atoms with E-state index in [4.69, 9.17) is 11.6 Å². The first-order valence-electron chi connectivity index (χ1n) is 6.03. The van der Waals surface area contributed by atoms with Gasteiger partial charge >= 0.3 is 6.03 Å². The fraction of sp³-hybridized carbons (Fsp3) is 0.133. The zero-order valence-corrected chi connectivity index (χ0v) is 11.3. The maximum atomic E-state index is 11.8. The molecule has 0 aliphatic carbocycles. The van der Waals surface area contributed by atoms with Crippen molar-refractivity contribution in [3.63, 3.8) is 0 Å². The van der Waals surface area contributed by atoms with Crippen LogP contribution >= 0.6 is 11.6 Å². The number of carbonyl (C=O) groups is 1. The van der Waals surface area contributed by atoms with Crippen LogP contribution in [0.1, 0.15) is 18.5 Å². The SMILES string of the molecule is CC(NC(=O)Nc1ccccc1)c1cccc(Cl)c1. The van der Waals surface area contributed by atoms with Crippen LogP contribution in [0.15, 0.2) is 54.6 Å². The molecule has 0 fully saturated rings. The fourth-order valence-electron chi connectivity index (χ4n) is 1.74. The Kier molecular flexibility index (Phi) is 4.42. The summed E-state index contributed by atoms with van der Waals surface area (Å²) in [5.41, 5.74) is 1.73. The maximum absolute atomic E-state index is 11.8. The van der Waals surface area contributed by atoms with Crippen molar-refractivity contribution in [2.75, 3.05) is 5.32 Å². The van der Waals surface area contributed by atoms with Gasteiger partial charge in [-0.3, -0.25) is 0 Å². The van der Waals surface area contributed by atoms with Crippen molar-refractivity contribution < 1.29 is 4.79 Å². The van der Waals surface area contributed by atoms with E-state index in [9.17, 15) is 4.79 Å². The minimum Gasteiger partial charge on any atom is -0.331 e. The van der Waals surface area contributed by atoms with Crippen LogP contribution in [0.4, 0.5) is 10.5 Å². The Bertz CT molecular complexity index is 557. The second-order valence-electron chi connectivity index (χ2n) is 4.24. The molecule has 1 unspecified atom stereocenters. The van der Waals surface area contributed by atoms with E-state index < -0.39 is 0 Å². The zero-order chi connectivity index (χ0) is 13.7. The second kappa shape index (κ2) is 6.25. The van der Waals surface area contributed by atoms with Crippen LogP contribution in [0.25, 0.3) is 0 Å². The Labute approximate surface area is 117 Å². The molecule has 2 rings (SSSR count). The van der Waals surface area contributed by atoms with Gasteiger partial charge in [0.15, 0.2) is 0 Å². The highest BCUT2D eigenvalue weighted by atomic mass is 35.5. The number of rotatable bonds is 3. The lowest BCUT2D eigenvalue weighted by atomic mass is 10.1. The van der Waals surface area contributed by atoms with Crippen molar-refractivity contribution >= 4 is 23.3 Å². The Morgan fingerprint density at radius 1 is 1.11 bits per heavy atom. The molecule has 3 nitrogen and oxygen atoms in total. The van der Waals surface area contributed by atoms with Gasteiger partial charge in [-0.2, -0.15) is 0 Å². The van der Waals surface area contributed by atoms with Crippen LogP contribution < -0.4 is 10.6 Å². The molecule has 2 aromatic carbocycles. The van der Waals surface area contributed by atoms with E-state index in [1.165, 1.54) is 0 Å². The van der Waals surface area contributed by atoms with E-state index >= 15 is 0 Å². The maximum Gasteiger partial charge on any atom is 0.319 e. The first-order valence-corrected chi connectivity index (χ1v) is 6.41. The number of benzene rings is 2. The summed E-state index contributed by atoms with van der Waals surface area (Å²) in [6.07, 6.45) is 0. The Balaban J connectivity index is 1.95. The molecule has 1 atom stereocenters. The Morgan fingerprint density at radius 2 is 1.84 bits per heavy atom. The van der Waals surface area contributed by atoms with Crippen molar-refractivity contribution in [3.05, 3.63) is 65.2 Å². The van der Waals surface area contributed by atoms with E-state index in [2.05, 4.69) is 10.6 Å². The van der Waals surface area contributed by atoms with Crippen LogP contribution in [-0.4, -0.2) is 6.03 Å². The smallest absolute Gasteiger partial charge is 0.319 e. The summed E-state index contributed by atoms with van der Waals surface area (Å²) in [5.74, 6) is 0. The monoisotopic (exact) mass is 274 g/mol. The van der Waals surface area contributed by atoms with Crippen molar-refractivity contribution in [1.29, 1.82) is 0 Å². The third-order valence-corrected chi connectivity index (χ3v) is 2.96. The molecule has 19 heavy (non-hydrogen) atoms. The predicted molar refractivity (Wildman–Crippen MR) is 78.5 cm³/mol. The summed E-state index contributed by atoms with van der Waals surface area (Å²) in [4.78, 5) is 11.8. The van der Waals surface area contributed by atoms with Crippen LogP contribution in [0.2, 0.25) is 5.02 Å². The van der Waals surface area contributed by atoms with Gasteiger partial charge in [-0.05, 0) is 36.8 Å². The molecule has 2 amide bonds. The van der Waals surface area contributed by atoms with Gasteiger partial charge in [0.05, 0.1) is 6.04 Å². The second-order valence-corrected chi connectivity index (χ2v) is 4.68. The third-order valence-electron chi connectivity index (χ3n) is 2.73. The predicted octanol–water partition coefficient (Wildman–Crippen LogP) is 4.22. The highest BCUT2D eigenvalue weighted by Gasteiger charge is 2.09. The average Bonchev–Trinajstić information content (AvgIpc) is 2.39. The Morgan fingerprint density at radius 3 is 2.53 bits per heavy atom. The summed E-state index contributed by atoms with van der Waals surface area (Å²) in [6, 6.07) is 16.4. The van der Waals surface area contributed by atoms with Gasteiger partial charge in [-0.15, -0.1) is 0 Å². The lowest BCUT2D eigenvalue weighted by molar-refractivity contribution is 0.249. The first kappa shape index (κ1) is 13.4. The number of amides is 2. The standard InChI is InChI=1S/C15H15ClN2O/c1-11(12-6-5-7-13(16)10-12)17-15(19)18-14-8-3-2-4-9-14/h2-11H,1H3,(H2,17,18,19). The molecule has 0 bridgehead atoms. The molecule has 98 valence electrons. The van der Waals surface area contributed by atoms with Crippen LogP contribution in [0.5, 0.6) is 0 Å². The Hall–Kier alpha value is -2.00. The summed E-state index contributed by atoms with van der Waals surface area (Å²) >= 11 is 5.93. The number of urea groups is 1. The van der Waals surface area contributed by atoms with E-state index in [0.717, 1.165) is 11.3 Å². The number of halogens is 1. The summed E-state index contributed by atoms with van der Waals surface area (Å²) < 4.78 is 0. The normalized spacial score (nSPS) is 11.7. The molecular formula is C15H15ClN2O. The summed E-state index contributed by atoms with van der Waals surface area (Å²) in [5, 5.41) is 6.30. The van der Waals surface area contributed by atoms with Crippen LogP contribution in [0, 0.1) is 0 Å². The van der Waals surface area contributed by atoms with Gasteiger partial charge in [0.1, 0.15) is 0 Å². The van der Waals surface area contributed by atoms with Crippen molar-refractivity contribution in [3.8, 4) is 0 Å². The van der Waals surface area contributed by atoms with Crippen molar-refractivity contribution in [1.82, 2.24) is 5.32 Å². The topological polar surface area (TPSA) is 41.1 Å². The molecule has 0 aliphatic heterocycles. The quantitative estimate of drug-likeness (QED) is 0.864. The van der Waals surface area contributed by atoms with E-state index in [1.54, 1.807) is 0 Å². The first-order chi connectivity index (χ1) is 9.15. The average molecular weight is 275 g/mol. The molecule has 0 spiro atoms. The van der Waals surface area contributed by atoms with Gasteiger partial charge in [-0.25, -0.2) is 4.79 Å². The van der Waals surface area contributed by atoms with Gasteiger partial charge in [0.25, 0.3) is 0 Å². The molecule has 0 radical (unpaired) electrons. The number of hydrogen-bond donors (Lipinski definition) is 2. The molecular weight excluding hydrogens is 260 g/mol. The van der Waals surface area contributed by atoms with Crippen LogP contribution in [-0.2, 0) is 0 Å². The number of hydrogen-bond acceptors (Lipinski definition) is 1. The minimum atomic E-state index is -0.237. The largest absolute Gasteiger partial charge is 0.331 e. The molecule has 2 N–H and O–H groups in total. The van der Waals surface area contributed by atoms with Gasteiger partial charge < -0.3 is 10.6 Å². The van der Waals surface area contributed by atoms with Crippen molar-refractivity contribution in [2.45, 2.75) is 13.0 Å².